The molecule has 0 amide bonds. The summed E-state index contributed by atoms with van der Waals surface area (Å²) in [5.41, 5.74) is -1.05. The van der Waals surface area contributed by atoms with E-state index in [1.165, 1.54) is 6.92 Å². The van der Waals surface area contributed by atoms with Crippen LogP contribution in [0.5, 0.6) is 0 Å². The SMILES string of the molecule is CC(O[Si](C)(C)C)(C1CN1Cc1ccccc1)C(F)(F)F. The zero-order valence-electron chi connectivity index (χ0n) is 12.9. The van der Waals surface area contributed by atoms with E-state index in [-0.39, 0.29) is 0 Å². The fraction of sp³-hybridized carbons (Fsp3) is 0.600. The third-order valence-corrected chi connectivity index (χ3v) is 4.70. The Labute approximate surface area is 125 Å². The molecule has 1 aliphatic heterocycles. The minimum atomic E-state index is -4.36. The van der Waals surface area contributed by atoms with Gasteiger partial charge in [0.15, 0.2) is 13.9 Å². The Morgan fingerprint density at radius 1 is 1.19 bits per heavy atom. The molecule has 0 aliphatic carbocycles. The lowest BCUT2D eigenvalue weighted by Gasteiger charge is -2.38. The van der Waals surface area contributed by atoms with Crippen molar-refractivity contribution in [2.45, 2.75) is 50.9 Å². The third kappa shape index (κ3) is 3.87. The second kappa shape index (κ2) is 5.41. The fourth-order valence-corrected chi connectivity index (χ4v) is 4.16. The molecular weight excluding hydrogens is 295 g/mol. The normalized spacial score (nSPS) is 25.5. The summed E-state index contributed by atoms with van der Waals surface area (Å²) in [5, 5.41) is 0. The molecule has 0 radical (unpaired) electrons. The molecule has 1 fully saturated rings. The van der Waals surface area contributed by atoms with Crippen LogP contribution < -0.4 is 0 Å². The molecule has 0 N–H and O–H groups in total. The minimum Gasteiger partial charge on any atom is -0.403 e. The zero-order chi connectivity index (χ0) is 15.9. The van der Waals surface area contributed by atoms with Gasteiger partial charge in [-0.25, -0.2) is 0 Å². The monoisotopic (exact) mass is 317 g/mol. The van der Waals surface area contributed by atoms with Crippen molar-refractivity contribution < 1.29 is 17.6 Å². The van der Waals surface area contributed by atoms with Crippen LogP contribution in [0, 0.1) is 0 Å². The van der Waals surface area contributed by atoms with Crippen LogP contribution in [0.2, 0.25) is 19.6 Å². The Morgan fingerprint density at radius 2 is 1.76 bits per heavy atom. The van der Waals surface area contributed by atoms with Gasteiger partial charge in [-0.1, -0.05) is 30.3 Å². The van der Waals surface area contributed by atoms with Gasteiger partial charge in [0.2, 0.25) is 0 Å². The molecule has 0 saturated carbocycles. The van der Waals surface area contributed by atoms with E-state index >= 15 is 0 Å². The van der Waals surface area contributed by atoms with Crippen LogP contribution in [0.15, 0.2) is 30.3 Å². The molecule has 118 valence electrons. The number of benzene rings is 1. The van der Waals surface area contributed by atoms with E-state index in [1.54, 1.807) is 19.6 Å². The molecule has 0 aromatic heterocycles. The Hall–Kier alpha value is -0.853. The van der Waals surface area contributed by atoms with Crippen molar-refractivity contribution in [3.05, 3.63) is 35.9 Å². The number of hydrogen-bond donors (Lipinski definition) is 0. The molecule has 1 heterocycles. The van der Waals surface area contributed by atoms with Crippen molar-refractivity contribution in [2.24, 2.45) is 0 Å². The Kier molecular flexibility index (Phi) is 4.25. The van der Waals surface area contributed by atoms with Gasteiger partial charge >= 0.3 is 6.18 Å². The Bertz CT molecular complexity index is 486. The second-order valence-electron chi connectivity index (χ2n) is 6.75. The van der Waals surface area contributed by atoms with E-state index in [1.807, 2.05) is 35.2 Å². The van der Waals surface area contributed by atoms with Crippen molar-refractivity contribution in [3.63, 3.8) is 0 Å². The summed E-state index contributed by atoms with van der Waals surface area (Å²) in [5.74, 6) is 0. The van der Waals surface area contributed by atoms with Gasteiger partial charge in [-0.05, 0) is 32.1 Å². The predicted octanol–water partition coefficient (Wildman–Crippen LogP) is 4.04. The maximum Gasteiger partial charge on any atom is 0.417 e. The highest BCUT2D eigenvalue weighted by atomic mass is 28.4. The number of alkyl halides is 3. The molecule has 1 aromatic rings. The lowest BCUT2D eigenvalue weighted by atomic mass is 10.0. The first kappa shape index (κ1) is 16.5. The number of rotatable bonds is 5. The summed E-state index contributed by atoms with van der Waals surface area (Å²) in [6.45, 7) is 7.53. The molecule has 3 atom stereocenters. The van der Waals surface area contributed by atoms with Gasteiger partial charge in [-0.2, -0.15) is 13.2 Å². The smallest absolute Gasteiger partial charge is 0.403 e. The van der Waals surface area contributed by atoms with Gasteiger partial charge in [0, 0.05) is 13.1 Å². The number of nitrogens with zero attached hydrogens (tertiary/aromatic N) is 1. The first-order valence-electron chi connectivity index (χ1n) is 7.08. The minimum absolute atomic E-state index is 0.426. The molecule has 1 aliphatic rings. The molecule has 21 heavy (non-hydrogen) atoms. The van der Waals surface area contributed by atoms with Crippen molar-refractivity contribution in [1.29, 1.82) is 0 Å². The van der Waals surface area contributed by atoms with Crippen LogP contribution in [-0.4, -0.2) is 37.6 Å². The van der Waals surface area contributed by atoms with Crippen LogP contribution in [0.4, 0.5) is 13.2 Å². The van der Waals surface area contributed by atoms with Gasteiger partial charge in [0.25, 0.3) is 0 Å². The summed E-state index contributed by atoms with van der Waals surface area (Å²) < 4.78 is 46.1. The van der Waals surface area contributed by atoms with E-state index in [0.717, 1.165) is 5.56 Å². The van der Waals surface area contributed by atoms with Crippen molar-refractivity contribution >= 4 is 8.32 Å². The standard InChI is InChI=1S/C15H22F3NOSi/c1-14(15(16,17)18,20-21(2,3)4)13-11-19(13)10-12-8-6-5-7-9-12/h5-9,13H,10-11H2,1-4H3. The quantitative estimate of drug-likeness (QED) is 0.600. The second-order valence-corrected chi connectivity index (χ2v) is 11.2. The third-order valence-electron chi connectivity index (χ3n) is 3.66. The lowest BCUT2D eigenvalue weighted by molar-refractivity contribution is -0.247. The number of halogens is 3. The molecule has 1 aromatic carbocycles. The van der Waals surface area contributed by atoms with Gasteiger partial charge in [0.1, 0.15) is 0 Å². The van der Waals surface area contributed by atoms with E-state index in [2.05, 4.69) is 0 Å². The van der Waals surface area contributed by atoms with Crippen molar-refractivity contribution in [3.8, 4) is 0 Å². The highest BCUT2D eigenvalue weighted by Crippen LogP contribution is 2.45. The van der Waals surface area contributed by atoms with E-state index in [4.69, 9.17) is 4.43 Å². The van der Waals surface area contributed by atoms with Crippen LogP contribution in [0.25, 0.3) is 0 Å². The van der Waals surface area contributed by atoms with Gasteiger partial charge < -0.3 is 4.43 Å². The summed E-state index contributed by atoms with van der Waals surface area (Å²) in [4.78, 5) is 1.82. The van der Waals surface area contributed by atoms with Crippen LogP contribution in [0.1, 0.15) is 12.5 Å². The molecule has 1 saturated heterocycles. The average Bonchev–Trinajstić information content (AvgIpc) is 3.06. The molecule has 2 nitrogen and oxygen atoms in total. The molecule has 0 bridgehead atoms. The van der Waals surface area contributed by atoms with Crippen molar-refractivity contribution in [2.75, 3.05) is 6.54 Å². The molecule has 2 rings (SSSR count). The van der Waals surface area contributed by atoms with Gasteiger partial charge in [-0.15, -0.1) is 0 Å². The summed E-state index contributed by atoms with van der Waals surface area (Å²) >= 11 is 0. The summed E-state index contributed by atoms with van der Waals surface area (Å²) in [6, 6.07) is 8.96. The number of hydrogen-bond acceptors (Lipinski definition) is 2. The van der Waals surface area contributed by atoms with Crippen LogP contribution >= 0.6 is 0 Å². The Balaban J connectivity index is 2.11. The van der Waals surface area contributed by atoms with E-state index in [9.17, 15) is 13.2 Å². The van der Waals surface area contributed by atoms with E-state index < -0.39 is 26.1 Å². The topological polar surface area (TPSA) is 12.2 Å². The maximum atomic E-state index is 13.5. The maximum absolute atomic E-state index is 13.5. The van der Waals surface area contributed by atoms with Crippen molar-refractivity contribution in [1.82, 2.24) is 4.90 Å². The molecule has 0 spiro atoms. The first-order valence-corrected chi connectivity index (χ1v) is 10.5. The average molecular weight is 317 g/mol. The molecule has 6 heteroatoms. The highest BCUT2D eigenvalue weighted by molar-refractivity contribution is 6.69. The van der Waals surface area contributed by atoms with E-state index in [0.29, 0.717) is 13.1 Å². The van der Waals surface area contributed by atoms with Crippen LogP contribution in [-0.2, 0) is 11.0 Å². The van der Waals surface area contributed by atoms with Crippen LogP contribution in [0.3, 0.4) is 0 Å². The molecule has 3 unspecified atom stereocenters. The largest absolute Gasteiger partial charge is 0.417 e. The Morgan fingerprint density at radius 3 is 2.24 bits per heavy atom. The van der Waals surface area contributed by atoms with Gasteiger partial charge in [-0.3, -0.25) is 4.90 Å². The first-order chi connectivity index (χ1) is 9.53. The molecular formula is C15H22F3NOSi. The predicted molar refractivity (Wildman–Crippen MR) is 79.5 cm³/mol. The summed E-state index contributed by atoms with van der Waals surface area (Å²) in [7, 11) is -2.29. The summed E-state index contributed by atoms with van der Waals surface area (Å²) in [6.07, 6.45) is -4.36. The fourth-order valence-electron chi connectivity index (χ4n) is 2.64. The highest BCUT2D eigenvalue weighted by Gasteiger charge is 2.64. The zero-order valence-corrected chi connectivity index (χ0v) is 13.9. The van der Waals surface area contributed by atoms with Gasteiger partial charge in [0.05, 0.1) is 6.04 Å². The lowest BCUT2D eigenvalue weighted by Crippen LogP contribution is -2.55.